The number of ketones is 1. The van der Waals surface area contributed by atoms with E-state index in [0.29, 0.717) is 11.6 Å². The van der Waals surface area contributed by atoms with Gasteiger partial charge < -0.3 is 9.52 Å². The summed E-state index contributed by atoms with van der Waals surface area (Å²) in [5, 5.41) is 10.7. The summed E-state index contributed by atoms with van der Waals surface area (Å²) < 4.78 is 33.3. The predicted molar refractivity (Wildman–Crippen MR) is 114 cm³/mol. The first kappa shape index (κ1) is 20.1. The number of Topliss-reactive ketones (excluding diaryl/α,β-unsaturated/α-hetero) is 1. The summed E-state index contributed by atoms with van der Waals surface area (Å²) >= 11 is 0.884. The number of anilines is 1. The van der Waals surface area contributed by atoms with Gasteiger partial charge >= 0.3 is 0 Å². The summed E-state index contributed by atoms with van der Waals surface area (Å²) in [5.74, 6) is -3.97. The summed E-state index contributed by atoms with van der Waals surface area (Å²) in [6.45, 7) is 1.85. The summed E-state index contributed by atoms with van der Waals surface area (Å²) in [6, 6.07) is 10.8. The highest BCUT2D eigenvalue weighted by molar-refractivity contribution is 7.22. The zero-order valence-corrected chi connectivity index (χ0v) is 17.3. The molecule has 4 aromatic rings. The highest BCUT2D eigenvalue weighted by Gasteiger charge is 2.46. The number of aromatic nitrogens is 1. The fourth-order valence-electron chi connectivity index (χ4n) is 3.78. The van der Waals surface area contributed by atoms with Crippen molar-refractivity contribution in [1.82, 2.24) is 4.98 Å². The van der Waals surface area contributed by atoms with E-state index in [1.807, 2.05) is 13.0 Å². The third kappa shape index (κ3) is 3.09. The number of rotatable bonds is 4. The van der Waals surface area contributed by atoms with Crippen molar-refractivity contribution < 1.29 is 27.9 Å². The average molecular weight is 452 g/mol. The molecule has 1 aliphatic rings. The smallest absolute Gasteiger partial charge is 0.296 e. The summed E-state index contributed by atoms with van der Waals surface area (Å²) in [7, 11) is 0. The van der Waals surface area contributed by atoms with E-state index in [-0.39, 0.29) is 26.7 Å². The van der Waals surface area contributed by atoms with Crippen LogP contribution in [0, 0.1) is 18.6 Å². The highest BCUT2D eigenvalue weighted by atomic mass is 32.1. The number of aryl methyl sites for hydroxylation is 1. The molecule has 1 unspecified atom stereocenters. The van der Waals surface area contributed by atoms with E-state index < -0.39 is 35.1 Å². The van der Waals surface area contributed by atoms with Crippen molar-refractivity contribution in [2.75, 3.05) is 4.90 Å². The first-order valence-corrected chi connectivity index (χ1v) is 10.3. The van der Waals surface area contributed by atoms with Crippen molar-refractivity contribution in [2.45, 2.75) is 13.0 Å². The molecule has 0 saturated heterocycles. The van der Waals surface area contributed by atoms with Crippen LogP contribution in [-0.4, -0.2) is 21.8 Å². The lowest BCUT2D eigenvalue weighted by Gasteiger charge is -2.24. The van der Waals surface area contributed by atoms with Gasteiger partial charge in [-0.1, -0.05) is 41.2 Å². The molecule has 0 bridgehead atoms. The van der Waals surface area contributed by atoms with Crippen LogP contribution in [-0.2, 0) is 4.79 Å². The van der Waals surface area contributed by atoms with E-state index in [1.54, 1.807) is 18.2 Å². The Bertz CT molecular complexity index is 1430. The van der Waals surface area contributed by atoms with E-state index >= 15 is 0 Å². The lowest BCUT2D eigenvalue weighted by molar-refractivity contribution is -0.117. The van der Waals surface area contributed by atoms with Crippen LogP contribution >= 0.6 is 11.3 Å². The van der Waals surface area contributed by atoms with Gasteiger partial charge in [0.05, 0.1) is 22.6 Å². The van der Waals surface area contributed by atoms with Crippen LogP contribution in [0.25, 0.3) is 10.2 Å². The Morgan fingerprint density at radius 3 is 2.72 bits per heavy atom. The Hall–Kier alpha value is -3.85. The SMILES string of the molecule is Cc1cccc(C2C(C(=O)c3ccco3)=C(O)C(=O)N2c2nc3c(F)cc(F)cc3s2)c1. The minimum atomic E-state index is -1.03. The molecule has 1 atom stereocenters. The average Bonchev–Trinajstić information content (AvgIpc) is 3.47. The molecule has 160 valence electrons. The highest BCUT2D eigenvalue weighted by Crippen LogP contribution is 2.44. The lowest BCUT2D eigenvalue weighted by Crippen LogP contribution is -2.31. The van der Waals surface area contributed by atoms with Gasteiger partial charge in [-0.15, -0.1) is 0 Å². The minimum Gasteiger partial charge on any atom is -0.503 e. The van der Waals surface area contributed by atoms with Crippen molar-refractivity contribution in [3.8, 4) is 0 Å². The van der Waals surface area contributed by atoms with Gasteiger partial charge in [-0.25, -0.2) is 13.8 Å². The Morgan fingerprint density at radius 1 is 1.19 bits per heavy atom. The number of halogens is 2. The molecule has 0 fully saturated rings. The normalized spacial score (nSPS) is 16.4. The molecule has 9 heteroatoms. The van der Waals surface area contributed by atoms with Gasteiger partial charge in [0.2, 0.25) is 5.78 Å². The molecule has 0 spiro atoms. The molecule has 0 aliphatic carbocycles. The largest absolute Gasteiger partial charge is 0.503 e. The molecule has 1 N–H and O–H groups in total. The molecular weight excluding hydrogens is 438 g/mol. The molecule has 5 rings (SSSR count). The van der Waals surface area contributed by atoms with Gasteiger partial charge in [0.25, 0.3) is 5.91 Å². The van der Waals surface area contributed by atoms with Crippen molar-refractivity contribution in [3.63, 3.8) is 0 Å². The molecule has 1 aliphatic heterocycles. The molecule has 32 heavy (non-hydrogen) atoms. The number of aliphatic hydroxyl groups is 1. The fourth-order valence-corrected chi connectivity index (χ4v) is 4.81. The van der Waals surface area contributed by atoms with Crippen LogP contribution in [0.4, 0.5) is 13.9 Å². The molecule has 1 amide bonds. The number of benzene rings is 2. The second kappa shape index (κ2) is 7.38. The van der Waals surface area contributed by atoms with Crippen LogP contribution < -0.4 is 4.90 Å². The Morgan fingerprint density at radius 2 is 2.00 bits per heavy atom. The number of carbonyl (C=O) groups excluding carboxylic acids is 2. The third-order valence-corrected chi connectivity index (χ3v) is 6.17. The maximum absolute atomic E-state index is 14.3. The van der Waals surface area contributed by atoms with E-state index in [9.17, 15) is 23.5 Å². The number of furan rings is 1. The van der Waals surface area contributed by atoms with E-state index in [0.717, 1.165) is 27.9 Å². The van der Waals surface area contributed by atoms with E-state index in [2.05, 4.69) is 4.98 Å². The maximum atomic E-state index is 14.3. The Balaban J connectivity index is 1.71. The number of hydrogen-bond donors (Lipinski definition) is 1. The third-order valence-electron chi connectivity index (χ3n) is 5.16. The lowest BCUT2D eigenvalue weighted by atomic mass is 9.94. The number of fused-ring (bicyclic) bond motifs is 1. The molecular formula is C23H14F2N2O4S. The number of thiazole rings is 1. The van der Waals surface area contributed by atoms with Crippen LogP contribution in [0.3, 0.4) is 0 Å². The topological polar surface area (TPSA) is 83.6 Å². The Labute approximate surface area is 184 Å². The van der Waals surface area contributed by atoms with Crippen molar-refractivity contribution in [1.29, 1.82) is 0 Å². The summed E-state index contributed by atoms with van der Waals surface area (Å²) in [5.41, 5.74) is 1.13. The zero-order chi connectivity index (χ0) is 22.6. The summed E-state index contributed by atoms with van der Waals surface area (Å²) in [6.07, 6.45) is 1.31. The molecule has 3 heterocycles. The predicted octanol–water partition coefficient (Wildman–Crippen LogP) is 5.26. The second-order valence-corrected chi connectivity index (χ2v) is 8.30. The standard InChI is InChI=1S/C23H14F2N2O4S/c1-11-4-2-5-12(8-11)19-17(20(28)15-6-3-7-31-15)21(29)22(30)27(19)23-26-18-14(25)9-13(24)10-16(18)32-23/h2-10,19,29H,1H3. The Kier molecular flexibility index (Phi) is 4.63. The monoisotopic (exact) mass is 452 g/mol. The van der Waals surface area contributed by atoms with Crippen LogP contribution in [0.5, 0.6) is 0 Å². The van der Waals surface area contributed by atoms with Gasteiger partial charge in [0.15, 0.2) is 22.5 Å². The molecule has 0 radical (unpaired) electrons. The first-order valence-electron chi connectivity index (χ1n) is 9.52. The van der Waals surface area contributed by atoms with E-state index in [4.69, 9.17) is 4.42 Å². The van der Waals surface area contributed by atoms with E-state index in [1.165, 1.54) is 18.4 Å². The second-order valence-electron chi connectivity index (χ2n) is 7.29. The molecule has 6 nitrogen and oxygen atoms in total. The maximum Gasteiger partial charge on any atom is 0.296 e. The van der Waals surface area contributed by atoms with Crippen LogP contribution in [0.1, 0.15) is 27.7 Å². The van der Waals surface area contributed by atoms with Gasteiger partial charge in [0.1, 0.15) is 11.3 Å². The summed E-state index contributed by atoms with van der Waals surface area (Å²) in [4.78, 5) is 31.6. The number of aliphatic hydroxyl groups excluding tert-OH is 1. The first-order chi connectivity index (χ1) is 15.3. The van der Waals surface area contributed by atoms with Crippen molar-refractivity contribution in [2.24, 2.45) is 0 Å². The number of amides is 1. The minimum absolute atomic E-state index is 0.0230. The quantitative estimate of drug-likeness (QED) is 0.427. The number of hydrogen-bond acceptors (Lipinski definition) is 6. The van der Waals surface area contributed by atoms with Gasteiger partial charge in [-0.3, -0.25) is 14.5 Å². The number of carbonyl (C=O) groups is 2. The van der Waals surface area contributed by atoms with Crippen molar-refractivity contribution in [3.05, 3.63) is 94.6 Å². The van der Waals surface area contributed by atoms with Crippen LogP contribution in [0.2, 0.25) is 0 Å². The van der Waals surface area contributed by atoms with Crippen molar-refractivity contribution >= 4 is 38.4 Å². The van der Waals surface area contributed by atoms with Gasteiger partial charge in [-0.2, -0.15) is 0 Å². The fraction of sp³-hybridized carbons (Fsp3) is 0.0870. The van der Waals surface area contributed by atoms with Gasteiger partial charge in [0, 0.05) is 6.07 Å². The van der Waals surface area contributed by atoms with Crippen LogP contribution in [0.15, 0.2) is 70.5 Å². The van der Waals surface area contributed by atoms with Gasteiger partial charge in [-0.05, 0) is 30.7 Å². The zero-order valence-electron chi connectivity index (χ0n) is 16.5. The molecule has 2 aromatic heterocycles. The molecule has 0 saturated carbocycles. The number of nitrogens with zero attached hydrogens (tertiary/aromatic N) is 2. The molecule has 2 aromatic carbocycles.